The molecule has 0 radical (unpaired) electrons. The molecule has 0 aromatic carbocycles. The van der Waals surface area contributed by atoms with E-state index >= 15 is 9.59 Å². The number of carbonyl (C=O) groups is 4. The van der Waals surface area contributed by atoms with Gasteiger partial charge in [0.2, 0.25) is 0 Å². The van der Waals surface area contributed by atoms with Crippen LogP contribution in [0.1, 0.15) is 225 Å². The summed E-state index contributed by atoms with van der Waals surface area (Å²) in [7, 11) is 6.05. The molecule has 0 bridgehead atoms. The number of esters is 1. The van der Waals surface area contributed by atoms with Gasteiger partial charge in [-0.2, -0.15) is 0 Å². The molecule has 11 heteroatoms. The summed E-state index contributed by atoms with van der Waals surface area (Å²) >= 11 is 0. The molecule has 3 atom stereocenters. The number of hydrogen-bond donors (Lipinski definition) is 3. The Balaban J connectivity index is 2.17. The van der Waals surface area contributed by atoms with E-state index in [0.29, 0.717) is 19.3 Å². The first kappa shape index (κ1) is 57.1. The van der Waals surface area contributed by atoms with E-state index in [2.05, 4.69) is 49.3 Å². The highest BCUT2D eigenvalue weighted by Gasteiger charge is 2.76. The van der Waals surface area contributed by atoms with Gasteiger partial charge in [0, 0.05) is 33.2 Å². The smallest absolute Gasteiger partial charge is 0.312 e. The van der Waals surface area contributed by atoms with Gasteiger partial charge in [0.1, 0.15) is 5.41 Å². The number of carboxylic acids is 3. The minimum Gasteiger partial charge on any atom is -0.481 e. The number of rotatable bonds is 25. The Labute approximate surface area is 396 Å². The fourth-order valence-electron chi connectivity index (χ4n) is 14.1. The lowest BCUT2D eigenvalue weighted by molar-refractivity contribution is -0.230. The zero-order valence-electron chi connectivity index (χ0n) is 44.6. The van der Waals surface area contributed by atoms with Crippen molar-refractivity contribution in [3.63, 3.8) is 0 Å². The van der Waals surface area contributed by atoms with E-state index < -0.39 is 98.0 Å². The van der Waals surface area contributed by atoms with Crippen molar-refractivity contribution >= 4 is 23.9 Å². The number of likely N-dealkylation sites (tertiary alicyclic amines) is 3. The van der Waals surface area contributed by atoms with Crippen LogP contribution in [-0.2, 0) is 23.9 Å². The van der Waals surface area contributed by atoms with Crippen LogP contribution in [0.2, 0.25) is 0 Å². The summed E-state index contributed by atoms with van der Waals surface area (Å²) < 4.78 is 6.03. The lowest BCUT2D eigenvalue weighted by Gasteiger charge is -2.65. The number of piperidine rings is 3. The van der Waals surface area contributed by atoms with Crippen LogP contribution in [-0.4, -0.2) is 115 Å². The third kappa shape index (κ3) is 12.5. The fourth-order valence-corrected chi connectivity index (χ4v) is 14.1. The van der Waals surface area contributed by atoms with Crippen molar-refractivity contribution < 1.29 is 39.2 Å². The van der Waals surface area contributed by atoms with Crippen LogP contribution in [0.15, 0.2) is 0 Å². The molecule has 65 heavy (non-hydrogen) atoms. The zero-order chi connectivity index (χ0) is 49.6. The van der Waals surface area contributed by atoms with Crippen molar-refractivity contribution in [2.24, 2.45) is 34.5 Å². The van der Waals surface area contributed by atoms with Gasteiger partial charge >= 0.3 is 23.9 Å². The monoisotopic (exact) mass is 918 g/mol. The van der Waals surface area contributed by atoms with E-state index in [9.17, 15) is 24.9 Å². The number of nitrogens with zero attached hydrogens (tertiary/aromatic N) is 3. The number of aliphatic carboxylic acids is 3. The molecule has 11 nitrogen and oxygen atoms in total. The average molecular weight is 918 g/mol. The normalized spacial score (nSPS) is 25.0. The topological polar surface area (TPSA) is 148 Å². The number of carboxylic acid groups (broad SMARTS) is 3. The predicted octanol–water partition coefficient (Wildman–Crippen LogP) is 11.9. The van der Waals surface area contributed by atoms with E-state index in [-0.39, 0.29) is 32.3 Å². The average Bonchev–Trinajstić information content (AvgIpc) is 3.16. The predicted molar refractivity (Wildman–Crippen MR) is 263 cm³/mol. The van der Waals surface area contributed by atoms with Gasteiger partial charge in [0.25, 0.3) is 0 Å². The molecule has 378 valence electrons. The Bertz CT molecular complexity index is 1550. The molecule has 0 aromatic rings. The van der Waals surface area contributed by atoms with Gasteiger partial charge in [0.05, 0.1) is 24.4 Å². The third-order valence-corrected chi connectivity index (χ3v) is 18.2. The Kier molecular flexibility index (Phi) is 19.3. The van der Waals surface area contributed by atoms with Crippen molar-refractivity contribution in [3.05, 3.63) is 0 Å². The van der Waals surface area contributed by atoms with Crippen LogP contribution in [0.3, 0.4) is 0 Å². The van der Waals surface area contributed by atoms with E-state index in [1.54, 1.807) is 0 Å². The highest BCUT2D eigenvalue weighted by atomic mass is 16.5. The Hall–Kier alpha value is -2.24. The maximum Gasteiger partial charge on any atom is 0.312 e. The Morgan fingerprint density at radius 3 is 1.15 bits per heavy atom. The van der Waals surface area contributed by atoms with Crippen LogP contribution >= 0.6 is 0 Å². The lowest BCUT2D eigenvalue weighted by Crippen LogP contribution is -2.73. The largest absolute Gasteiger partial charge is 0.481 e. The molecular weight excluding hydrogens is 819 g/mol. The number of carbonyl (C=O) groups excluding carboxylic acids is 1. The summed E-state index contributed by atoms with van der Waals surface area (Å²) in [5, 5.41) is 36.8. The van der Waals surface area contributed by atoms with Crippen LogP contribution in [0, 0.1) is 34.5 Å². The summed E-state index contributed by atoms with van der Waals surface area (Å²) in [5.41, 5.74) is -8.34. The van der Waals surface area contributed by atoms with E-state index in [0.717, 1.165) is 19.3 Å². The van der Waals surface area contributed by atoms with Gasteiger partial charge in [-0.3, -0.25) is 33.9 Å². The number of unbranched alkanes of at least 4 members (excludes halogenated alkanes) is 13. The van der Waals surface area contributed by atoms with Gasteiger partial charge in [-0.1, -0.05) is 90.4 Å². The van der Waals surface area contributed by atoms with Crippen molar-refractivity contribution in [2.75, 3.05) is 27.7 Å². The van der Waals surface area contributed by atoms with Gasteiger partial charge in [-0.15, -0.1) is 0 Å². The maximum absolute atomic E-state index is 15.4. The SMILES string of the molecule is CCCCCCCCCCCCCCCCOC(=O)C[C@](C(=O)O)(C1CC(C)(C)N(C)C(C)(C)C1)[C@](C(=O)O)(C1CC(C)(C)N(C)C(C)(C)C1)[C@H](C(=O)O)C1CC(C)(C)N(C)C(C)(C)C1. The van der Waals surface area contributed by atoms with Crippen molar-refractivity contribution in [1.82, 2.24) is 14.7 Å². The van der Waals surface area contributed by atoms with E-state index in [4.69, 9.17) is 4.74 Å². The molecule has 3 aliphatic heterocycles. The maximum atomic E-state index is 15.4. The van der Waals surface area contributed by atoms with E-state index in [1.165, 1.54) is 64.2 Å². The standard InChI is InChI=1S/C54H99N3O8/c1-17-18-19-20-21-22-23-24-25-26-27-28-29-30-31-65-42(58)38-53(45(61)62,40-34-49(6,7)56(15)50(8,9)35-40)54(46(63)64,41-36-51(10,11)57(16)52(12,13)37-41)43(44(59)60)39-32-47(2,3)55(14)48(4,5)33-39/h39-41,43H,17-38H2,1-16H3,(H,59,60)(H,61,62)(H,63,64)/t43-,53+,54+/m0/s1. The number of hydrogen-bond acceptors (Lipinski definition) is 8. The quantitative estimate of drug-likeness (QED) is 0.0594. The third-order valence-electron chi connectivity index (χ3n) is 18.2. The molecule has 3 heterocycles. The first-order valence-corrected chi connectivity index (χ1v) is 25.9. The summed E-state index contributed by atoms with van der Waals surface area (Å²) in [6, 6.07) is 0. The van der Waals surface area contributed by atoms with Crippen LogP contribution in [0.4, 0.5) is 0 Å². The molecule has 3 rings (SSSR count). The minimum atomic E-state index is -2.42. The molecule has 0 aromatic heterocycles. The van der Waals surface area contributed by atoms with Crippen molar-refractivity contribution in [3.8, 4) is 0 Å². The second kappa shape index (κ2) is 22.0. The molecule has 3 fully saturated rings. The Morgan fingerprint density at radius 1 is 0.508 bits per heavy atom. The number of ether oxygens (including phenoxy) is 1. The minimum absolute atomic E-state index is 0.102. The highest BCUT2D eigenvalue weighted by molar-refractivity contribution is 5.94. The first-order valence-electron chi connectivity index (χ1n) is 25.9. The first-order chi connectivity index (χ1) is 29.8. The molecule has 3 N–H and O–H groups in total. The second-order valence-electron chi connectivity index (χ2n) is 25.2. The van der Waals surface area contributed by atoms with Crippen LogP contribution in [0.5, 0.6) is 0 Å². The van der Waals surface area contributed by atoms with Gasteiger partial charge in [0.15, 0.2) is 0 Å². The molecule has 0 spiro atoms. The lowest BCUT2D eigenvalue weighted by atomic mass is 9.40. The van der Waals surface area contributed by atoms with Gasteiger partial charge in [-0.05, 0) is 167 Å². The zero-order valence-corrected chi connectivity index (χ0v) is 44.6. The fraction of sp³-hybridized carbons (Fsp3) is 0.926. The summed E-state index contributed by atoms with van der Waals surface area (Å²) in [6.07, 6.45) is 17.5. The van der Waals surface area contributed by atoms with Crippen molar-refractivity contribution in [2.45, 2.75) is 258 Å². The molecule has 0 amide bonds. The molecule has 3 saturated heterocycles. The van der Waals surface area contributed by atoms with Gasteiger partial charge < -0.3 is 20.1 Å². The summed E-state index contributed by atoms with van der Waals surface area (Å²) in [4.78, 5) is 66.6. The van der Waals surface area contributed by atoms with E-state index in [1.807, 2.05) is 76.5 Å². The van der Waals surface area contributed by atoms with Crippen LogP contribution in [0.25, 0.3) is 0 Å². The van der Waals surface area contributed by atoms with Gasteiger partial charge in [-0.25, -0.2) is 0 Å². The highest BCUT2D eigenvalue weighted by Crippen LogP contribution is 2.68. The Morgan fingerprint density at radius 2 is 0.831 bits per heavy atom. The summed E-state index contributed by atoms with van der Waals surface area (Å²) in [6.45, 7) is 26.9. The molecule has 0 saturated carbocycles. The molecule has 0 aliphatic carbocycles. The summed E-state index contributed by atoms with van der Waals surface area (Å²) in [5.74, 6) is -9.07. The molecular formula is C54H99N3O8. The molecule has 3 aliphatic rings. The second-order valence-corrected chi connectivity index (χ2v) is 25.2. The molecule has 0 unspecified atom stereocenters. The van der Waals surface area contributed by atoms with Crippen molar-refractivity contribution in [1.29, 1.82) is 0 Å². The van der Waals surface area contributed by atoms with Crippen LogP contribution < -0.4 is 0 Å².